The molecule has 0 saturated carbocycles. The zero-order chi connectivity index (χ0) is 8.39. The highest BCUT2D eigenvalue weighted by atomic mass is 79.9. The Morgan fingerprint density at radius 2 is 2.00 bits per heavy atom. The smallest absolute Gasteiger partial charge is 0.0508 e. The molecule has 12 heavy (non-hydrogen) atoms. The molecule has 60 valence electrons. The molecule has 0 bridgehead atoms. The summed E-state index contributed by atoms with van der Waals surface area (Å²) in [7, 11) is 0. The molecular formula is C8H5BrNS2+. The highest BCUT2D eigenvalue weighted by Crippen LogP contribution is 2.24. The van der Waals surface area contributed by atoms with E-state index in [0.29, 0.717) is 0 Å². The second-order valence-corrected chi connectivity index (χ2v) is 4.92. The first-order valence-electron chi connectivity index (χ1n) is 3.34. The molecule has 0 saturated heterocycles. The third-order valence-electron chi connectivity index (χ3n) is 1.43. The van der Waals surface area contributed by atoms with Crippen molar-refractivity contribution in [2.75, 3.05) is 0 Å². The van der Waals surface area contributed by atoms with Crippen LogP contribution in [0.1, 0.15) is 0 Å². The molecule has 0 aliphatic rings. The van der Waals surface area contributed by atoms with Crippen LogP contribution in [0.3, 0.4) is 0 Å². The zero-order valence-corrected chi connectivity index (χ0v) is 9.25. The summed E-state index contributed by atoms with van der Waals surface area (Å²) >= 11 is 6.56. The summed E-state index contributed by atoms with van der Waals surface area (Å²) in [5.41, 5.74) is 1.18. The van der Waals surface area contributed by atoms with Crippen molar-refractivity contribution in [1.82, 2.24) is 4.37 Å². The summed E-state index contributed by atoms with van der Waals surface area (Å²) in [5.74, 6) is 0. The average Bonchev–Trinajstić information content (AvgIpc) is 2.58. The molecule has 0 unspecified atom stereocenters. The Labute approximate surface area is 87.0 Å². The number of hydrogen-bond donors (Lipinski definition) is 0. The highest BCUT2D eigenvalue weighted by Gasteiger charge is 2.07. The van der Waals surface area contributed by atoms with Crippen LogP contribution < -0.4 is 0 Å². The molecule has 0 atom stereocenters. The third kappa shape index (κ3) is 1.71. The average molecular weight is 259 g/mol. The molecule has 0 spiro atoms. The predicted molar refractivity (Wildman–Crippen MR) is 57.5 cm³/mol. The van der Waals surface area contributed by atoms with Crippen LogP contribution in [0, 0.1) is 0 Å². The first-order valence-corrected chi connectivity index (χ1v) is 5.85. The van der Waals surface area contributed by atoms with Gasteiger partial charge in [0.2, 0.25) is 11.5 Å². The Balaban J connectivity index is 2.43. The van der Waals surface area contributed by atoms with Gasteiger partial charge in [0.1, 0.15) is 11.3 Å². The number of aromatic nitrogens is 1. The van der Waals surface area contributed by atoms with Crippen LogP contribution >= 0.6 is 38.8 Å². The van der Waals surface area contributed by atoms with E-state index >= 15 is 0 Å². The van der Waals surface area contributed by atoms with E-state index in [4.69, 9.17) is 0 Å². The molecule has 1 nitrogen and oxygen atoms in total. The maximum atomic E-state index is 4.26. The lowest BCUT2D eigenvalue weighted by Gasteiger charge is -1.90. The van der Waals surface area contributed by atoms with E-state index < -0.39 is 0 Å². The fraction of sp³-hybridized carbons (Fsp3) is 0. The second-order valence-electron chi connectivity index (χ2n) is 2.22. The van der Waals surface area contributed by atoms with Crippen molar-refractivity contribution >= 4 is 38.8 Å². The molecule has 0 fully saturated rings. The summed E-state index contributed by atoms with van der Waals surface area (Å²) in [6.07, 6.45) is 0. The van der Waals surface area contributed by atoms with Crippen LogP contribution in [0.4, 0.5) is 0 Å². The maximum Gasteiger partial charge on any atom is 0.268 e. The summed E-state index contributed by atoms with van der Waals surface area (Å²) in [5, 5.41) is 1.09. The van der Waals surface area contributed by atoms with Gasteiger partial charge in [0.15, 0.2) is 0 Å². The summed E-state index contributed by atoms with van der Waals surface area (Å²) < 4.78 is 7.39. The van der Waals surface area contributed by atoms with Crippen molar-refractivity contribution < 1.29 is 0 Å². The molecular weight excluding hydrogens is 254 g/mol. The minimum atomic E-state index is 1.09. The highest BCUT2D eigenvalue weighted by molar-refractivity contribution is 9.10. The molecule has 4 heteroatoms. The SMILES string of the molecule is Brc1ccc(-c2nsc[s+]2)cc1. The molecule has 1 aromatic carbocycles. The van der Waals surface area contributed by atoms with Crippen molar-refractivity contribution in [3.63, 3.8) is 0 Å². The number of nitrogens with zero attached hydrogens (tertiary/aromatic N) is 1. The summed E-state index contributed by atoms with van der Waals surface area (Å²) in [6, 6.07) is 8.19. The fourth-order valence-corrected chi connectivity index (χ4v) is 2.62. The molecule has 0 amide bonds. The van der Waals surface area contributed by atoms with Crippen LogP contribution in [0.2, 0.25) is 0 Å². The first kappa shape index (κ1) is 8.29. The van der Waals surface area contributed by atoms with Gasteiger partial charge < -0.3 is 0 Å². The monoisotopic (exact) mass is 258 g/mol. The van der Waals surface area contributed by atoms with E-state index in [1.807, 2.05) is 16.8 Å². The summed E-state index contributed by atoms with van der Waals surface area (Å²) in [6.45, 7) is 0. The van der Waals surface area contributed by atoms with Gasteiger partial charge in [-0.3, -0.25) is 0 Å². The molecule has 0 radical (unpaired) electrons. The Bertz CT molecular complexity index is 355. The number of hydrogen-bond acceptors (Lipinski definition) is 2. The minimum absolute atomic E-state index is 1.09. The Morgan fingerprint density at radius 3 is 2.58 bits per heavy atom. The van der Waals surface area contributed by atoms with Crippen molar-refractivity contribution in [3.05, 3.63) is 33.4 Å². The van der Waals surface area contributed by atoms with E-state index in [0.717, 1.165) is 9.48 Å². The number of rotatable bonds is 1. The van der Waals surface area contributed by atoms with E-state index in [2.05, 4.69) is 32.4 Å². The largest absolute Gasteiger partial charge is 0.268 e. The fourth-order valence-electron chi connectivity index (χ4n) is 0.871. The van der Waals surface area contributed by atoms with Gasteiger partial charge in [0.25, 0.3) is 9.70 Å². The predicted octanol–water partition coefficient (Wildman–Crippen LogP) is 3.92. The molecule has 2 rings (SSSR count). The van der Waals surface area contributed by atoms with Gasteiger partial charge in [-0.1, -0.05) is 15.9 Å². The first-order chi connectivity index (χ1) is 5.86. The van der Waals surface area contributed by atoms with Gasteiger partial charge in [-0.05, 0) is 28.6 Å². The zero-order valence-electron chi connectivity index (χ0n) is 6.03. The molecule has 1 heterocycles. The molecule has 0 aliphatic heterocycles. The topological polar surface area (TPSA) is 12.9 Å². The van der Waals surface area contributed by atoms with Crippen LogP contribution in [-0.4, -0.2) is 4.37 Å². The van der Waals surface area contributed by atoms with Gasteiger partial charge in [-0.15, -0.1) is 0 Å². The molecule has 1 aromatic heterocycles. The van der Waals surface area contributed by atoms with E-state index in [-0.39, 0.29) is 0 Å². The van der Waals surface area contributed by atoms with Crippen molar-refractivity contribution in [2.24, 2.45) is 0 Å². The van der Waals surface area contributed by atoms with Crippen LogP contribution in [0.25, 0.3) is 10.6 Å². The van der Waals surface area contributed by atoms with Crippen molar-refractivity contribution in [3.8, 4) is 10.6 Å². The standard InChI is InChI=1S/C8H5BrNS2/c9-7-3-1-6(2-4-7)8-10-12-5-11-8/h1-5H/q+1. The Kier molecular flexibility index (Phi) is 2.48. The molecule has 0 aliphatic carbocycles. The Hall–Kier alpha value is -0.320. The van der Waals surface area contributed by atoms with E-state index in [9.17, 15) is 0 Å². The number of halogens is 1. The lowest BCUT2D eigenvalue weighted by molar-refractivity contribution is 1.56. The molecule has 0 N–H and O–H groups in total. The lowest BCUT2D eigenvalue weighted by atomic mass is 10.2. The van der Waals surface area contributed by atoms with Crippen molar-refractivity contribution in [2.45, 2.75) is 0 Å². The van der Waals surface area contributed by atoms with Gasteiger partial charge >= 0.3 is 0 Å². The number of benzene rings is 1. The second kappa shape index (κ2) is 3.60. The van der Waals surface area contributed by atoms with Gasteiger partial charge in [-0.2, -0.15) is 0 Å². The van der Waals surface area contributed by atoms with E-state index in [1.54, 1.807) is 11.3 Å². The van der Waals surface area contributed by atoms with Crippen molar-refractivity contribution in [1.29, 1.82) is 0 Å². The van der Waals surface area contributed by atoms with Gasteiger partial charge in [-0.25, -0.2) is 0 Å². The van der Waals surface area contributed by atoms with Crippen LogP contribution in [0.15, 0.2) is 33.4 Å². The van der Waals surface area contributed by atoms with Crippen LogP contribution in [-0.2, 0) is 0 Å². The summed E-state index contributed by atoms with van der Waals surface area (Å²) in [4.78, 5) is 0. The van der Waals surface area contributed by atoms with Crippen LogP contribution in [0.5, 0.6) is 0 Å². The quantitative estimate of drug-likeness (QED) is 0.707. The molecule has 2 aromatic rings. The Morgan fingerprint density at radius 1 is 1.25 bits per heavy atom. The normalized spacial score (nSPS) is 10.1. The van der Waals surface area contributed by atoms with Gasteiger partial charge in [0, 0.05) is 10.0 Å². The third-order valence-corrected chi connectivity index (χ3v) is 3.64. The maximum absolute atomic E-state index is 4.26. The minimum Gasteiger partial charge on any atom is -0.0508 e. The lowest BCUT2D eigenvalue weighted by Crippen LogP contribution is -1.72. The van der Waals surface area contributed by atoms with E-state index in [1.165, 1.54) is 17.1 Å². The van der Waals surface area contributed by atoms with Gasteiger partial charge in [0.05, 0.1) is 0 Å².